The van der Waals surface area contributed by atoms with Crippen LogP contribution in [-0.4, -0.2) is 43.3 Å². The molecule has 3 heteroatoms. The average Bonchev–Trinajstić information content (AvgIpc) is 2.38. The molecule has 0 radical (unpaired) electrons. The molecule has 1 aliphatic carbocycles. The number of ether oxygens (including phenoxy) is 1. The lowest BCUT2D eigenvalue weighted by Gasteiger charge is -2.50. The van der Waals surface area contributed by atoms with Crippen LogP contribution in [-0.2, 0) is 4.74 Å². The van der Waals surface area contributed by atoms with Gasteiger partial charge in [0.05, 0.1) is 6.10 Å². The molecular formula is C14H28N2O. The van der Waals surface area contributed by atoms with Crippen LogP contribution in [0.5, 0.6) is 0 Å². The molecule has 2 unspecified atom stereocenters. The van der Waals surface area contributed by atoms with E-state index in [1.54, 1.807) is 0 Å². The SMILES string of the molecule is COC1CCN(C2(CN)CCCC(C)C2)CC1. The normalized spacial score (nSPS) is 37.2. The summed E-state index contributed by atoms with van der Waals surface area (Å²) in [7, 11) is 1.84. The van der Waals surface area contributed by atoms with Crippen molar-refractivity contribution in [3.63, 3.8) is 0 Å². The van der Waals surface area contributed by atoms with Gasteiger partial charge in [0.25, 0.3) is 0 Å². The molecule has 0 amide bonds. The molecule has 1 saturated heterocycles. The molecule has 17 heavy (non-hydrogen) atoms. The molecule has 1 aliphatic heterocycles. The van der Waals surface area contributed by atoms with E-state index in [2.05, 4.69) is 11.8 Å². The van der Waals surface area contributed by atoms with Crippen molar-refractivity contribution in [2.24, 2.45) is 11.7 Å². The summed E-state index contributed by atoms with van der Waals surface area (Å²) in [5.41, 5.74) is 6.43. The van der Waals surface area contributed by atoms with Crippen LogP contribution < -0.4 is 5.73 Å². The van der Waals surface area contributed by atoms with E-state index in [9.17, 15) is 0 Å². The molecule has 2 fully saturated rings. The monoisotopic (exact) mass is 240 g/mol. The molecular weight excluding hydrogens is 212 g/mol. The van der Waals surface area contributed by atoms with Crippen LogP contribution in [0.4, 0.5) is 0 Å². The first-order valence-corrected chi connectivity index (χ1v) is 7.18. The minimum atomic E-state index is 0.302. The second-order valence-electron chi connectivity index (χ2n) is 6.05. The van der Waals surface area contributed by atoms with Gasteiger partial charge in [-0.05, 0) is 31.6 Å². The summed E-state index contributed by atoms with van der Waals surface area (Å²) < 4.78 is 5.46. The molecule has 2 atom stereocenters. The van der Waals surface area contributed by atoms with Crippen molar-refractivity contribution in [1.82, 2.24) is 4.90 Å². The van der Waals surface area contributed by atoms with Crippen molar-refractivity contribution in [2.45, 2.75) is 57.1 Å². The Balaban J connectivity index is 1.98. The highest BCUT2D eigenvalue weighted by Gasteiger charge is 2.40. The van der Waals surface area contributed by atoms with Crippen LogP contribution in [0, 0.1) is 5.92 Å². The van der Waals surface area contributed by atoms with Gasteiger partial charge in [-0.15, -0.1) is 0 Å². The fourth-order valence-electron chi connectivity index (χ4n) is 3.80. The molecule has 100 valence electrons. The molecule has 3 nitrogen and oxygen atoms in total. The number of piperidine rings is 1. The molecule has 0 aromatic rings. The predicted octanol–water partition coefficient (Wildman–Crippen LogP) is 2.00. The van der Waals surface area contributed by atoms with Gasteiger partial charge in [-0.3, -0.25) is 4.90 Å². The molecule has 1 saturated carbocycles. The predicted molar refractivity (Wildman–Crippen MR) is 71.0 cm³/mol. The summed E-state index contributed by atoms with van der Waals surface area (Å²) in [5.74, 6) is 0.840. The lowest BCUT2D eigenvalue weighted by Crippen LogP contribution is -2.58. The molecule has 2 rings (SSSR count). The van der Waals surface area contributed by atoms with Crippen LogP contribution in [0.3, 0.4) is 0 Å². The Morgan fingerprint density at radius 3 is 2.53 bits per heavy atom. The van der Waals surface area contributed by atoms with E-state index in [-0.39, 0.29) is 0 Å². The summed E-state index contributed by atoms with van der Waals surface area (Å²) in [6, 6.07) is 0. The number of hydrogen-bond acceptors (Lipinski definition) is 3. The lowest BCUT2D eigenvalue weighted by molar-refractivity contribution is -0.0230. The quantitative estimate of drug-likeness (QED) is 0.820. The Labute approximate surface area is 106 Å². The fraction of sp³-hybridized carbons (Fsp3) is 1.00. The van der Waals surface area contributed by atoms with Crippen molar-refractivity contribution >= 4 is 0 Å². The molecule has 0 spiro atoms. The largest absolute Gasteiger partial charge is 0.381 e. The summed E-state index contributed by atoms with van der Waals surface area (Å²) in [4.78, 5) is 2.66. The number of hydrogen-bond donors (Lipinski definition) is 1. The van der Waals surface area contributed by atoms with Crippen molar-refractivity contribution in [1.29, 1.82) is 0 Å². The summed E-state index contributed by atoms with van der Waals surface area (Å²) >= 11 is 0. The third-order valence-electron chi connectivity index (χ3n) is 4.89. The van der Waals surface area contributed by atoms with Gasteiger partial charge in [0, 0.05) is 32.3 Å². The van der Waals surface area contributed by atoms with E-state index in [0.717, 1.165) is 12.5 Å². The first kappa shape index (κ1) is 13.3. The van der Waals surface area contributed by atoms with Gasteiger partial charge in [0.1, 0.15) is 0 Å². The Kier molecular flexibility index (Phi) is 4.45. The van der Waals surface area contributed by atoms with E-state index in [1.807, 2.05) is 7.11 Å². The van der Waals surface area contributed by atoms with E-state index >= 15 is 0 Å². The highest BCUT2D eigenvalue weighted by molar-refractivity contribution is 4.97. The summed E-state index contributed by atoms with van der Waals surface area (Å²) in [6.45, 7) is 5.55. The van der Waals surface area contributed by atoms with Crippen LogP contribution in [0.1, 0.15) is 45.4 Å². The highest BCUT2D eigenvalue weighted by atomic mass is 16.5. The standard InChI is InChI=1S/C14H28N2O/c1-12-4-3-7-14(10-12,11-15)16-8-5-13(17-2)6-9-16/h12-13H,3-11,15H2,1-2H3. The summed E-state index contributed by atoms with van der Waals surface area (Å²) in [5, 5.41) is 0. The average molecular weight is 240 g/mol. The third-order valence-corrected chi connectivity index (χ3v) is 4.89. The van der Waals surface area contributed by atoms with Crippen LogP contribution >= 0.6 is 0 Å². The topological polar surface area (TPSA) is 38.5 Å². The molecule has 0 bridgehead atoms. The zero-order valence-corrected chi connectivity index (χ0v) is 11.5. The van der Waals surface area contributed by atoms with E-state index in [0.29, 0.717) is 11.6 Å². The Morgan fingerprint density at radius 2 is 2.00 bits per heavy atom. The second kappa shape index (κ2) is 5.68. The third kappa shape index (κ3) is 2.83. The Morgan fingerprint density at radius 1 is 1.29 bits per heavy atom. The zero-order valence-electron chi connectivity index (χ0n) is 11.5. The molecule has 0 aromatic heterocycles. The number of rotatable bonds is 3. The maximum Gasteiger partial charge on any atom is 0.0595 e. The minimum Gasteiger partial charge on any atom is -0.381 e. The van der Waals surface area contributed by atoms with Crippen molar-refractivity contribution in [3.05, 3.63) is 0 Å². The van der Waals surface area contributed by atoms with E-state index in [1.165, 1.54) is 51.6 Å². The van der Waals surface area contributed by atoms with Crippen LogP contribution in [0.15, 0.2) is 0 Å². The zero-order chi connectivity index (χ0) is 12.3. The fourth-order valence-corrected chi connectivity index (χ4v) is 3.80. The number of methoxy groups -OCH3 is 1. The molecule has 0 aromatic carbocycles. The van der Waals surface area contributed by atoms with Gasteiger partial charge in [-0.2, -0.15) is 0 Å². The lowest BCUT2D eigenvalue weighted by atomic mass is 9.74. The van der Waals surface area contributed by atoms with Gasteiger partial charge in [0.15, 0.2) is 0 Å². The van der Waals surface area contributed by atoms with E-state index < -0.39 is 0 Å². The van der Waals surface area contributed by atoms with E-state index in [4.69, 9.17) is 10.5 Å². The van der Waals surface area contributed by atoms with Crippen molar-refractivity contribution < 1.29 is 4.74 Å². The smallest absolute Gasteiger partial charge is 0.0595 e. The van der Waals surface area contributed by atoms with Gasteiger partial charge in [0.2, 0.25) is 0 Å². The Bertz CT molecular complexity index is 238. The molecule has 2 N–H and O–H groups in total. The maximum absolute atomic E-state index is 6.13. The van der Waals surface area contributed by atoms with Gasteiger partial charge < -0.3 is 10.5 Å². The van der Waals surface area contributed by atoms with Crippen molar-refractivity contribution in [2.75, 3.05) is 26.7 Å². The first-order valence-electron chi connectivity index (χ1n) is 7.18. The summed E-state index contributed by atoms with van der Waals surface area (Å²) in [6.07, 6.45) is 8.15. The minimum absolute atomic E-state index is 0.302. The Hall–Kier alpha value is -0.120. The van der Waals surface area contributed by atoms with Gasteiger partial charge in [-0.1, -0.05) is 19.8 Å². The number of likely N-dealkylation sites (tertiary alicyclic amines) is 1. The number of nitrogens with two attached hydrogens (primary N) is 1. The van der Waals surface area contributed by atoms with Crippen molar-refractivity contribution in [3.8, 4) is 0 Å². The van der Waals surface area contributed by atoms with Crippen LogP contribution in [0.25, 0.3) is 0 Å². The molecule has 1 heterocycles. The first-order chi connectivity index (χ1) is 8.20. The maximum atomic E-state index is 6.13. The second-order valence-corrected chi connectivity index (χ2v) is 6.05. The highest BCUT2D eigenvalue weighted by Crippen LogP contribution is 2.37. The van der Waals surface area contributed by atoms with Crippen LogP contribution in [0.2, 0.25) is 0 Å². The van der Waals surface area contributed by atoms with Gasteiger partial charge >= 0.3 is 0 Å². The molecule has 2 aliphatic rings. The number of nitrogens with zero attached hydrogens (tertiary/aromatic N) is 1. The van der Waals surface area contributed by atoms with Gasteiger partial charge in [-0.25, -0.2) is 0 Å².